The zero-order valence-corrected chi connectivity index (χ0v) is 13.8. The Morgan fingerprint density at radius 3 is 1.91 bits per heavy atom. The third-order valence-electron chi connectivity index (χ3n) is 4.23. The molecule has 0 saturated carbocycles. The van der Waals surface area contributed by atoms with Gasteiger partial charge in [0.05, 0.1) is 0 Å². The molecule has 3 N–H and O–H groups in total. The summed E-state index contributed by atoms with van der Waals surface area (Å²) in [6.45, 7) is 2.98. The molecule has 2 aromatic rings. The van der Waals surface area contributed by atoms with Crippen molar-refractivity contribution in [3.05, 3.63) is 71.8 Å². The third kappa shape index (κ3) is 4.97. The number of likely N-dealkylation sites (N-methyl/N-ethyl adjacent to an activating group) is 1. The van der Waals surface area contributed by atoms with E-state index in [-0.39, 0.29) is 5.54 Å². The van der Waals surface area contributed by atoms with Gasteiger partial charge in [0.25, 0.3) is 0 Å². The summed E-state index contributed by atoms with van der Waals surface area (Å²) in [6, 6.07) is 21.6. The molecule has 0 saturated heterocycles. The summed E-state index contributed by atoms with van der Waals surface area (Å²) in [5.74, 6) is 0.452. The quantitative estimate of drug-likeness (QED) is 0.774. The minimum Gasteiger partial charge on any atom is -0.324 e. The molecule has 2 heteroatoms. The predicted octanol–water partition coefficient (Wildman–Crippen LogP) is 3.93. The second-order valence-electron chi connectivity index (χ2n) is 6.45. The van der Waals surface area contributed by atoms with Crippen LogP contribution in [0.1, 0.15) is 43.2 Å². The molecule has 0 aliphatic rings. The summed E-state index contributed by atoms with van der Waals surface area (Å²) in [5, 5.41) is 3.18. The van der Waals surface area contributed by atoms with Crippen LogP contribution in [0.25, 0.3) is 0 Å². The SMILES string of the molecule is CNCC(C)(N)CCCC(c1ccccc1)c1ccccc1. The summed E-state index contributed by atoms with van der Waals surface area (Å²) in [4.78, 5) is 0. The normalized spacial score (nSPS) is 14.0. The van der Waals surface area contributed by atoms with Crippen molar-refractivity contribution in [3.8, 4) is 0 Å². The fourth-order valence-corrected chi connectivity index (χ4v) is 3.10. The molecule has 2 nitrogen and oxygen atoms in total. The van der Waals surface area contributed by atoms with Crippen molar-refractivity contribution in [3.63, 3.8) is 0 Å². The Kier molecular flexibility index (Phi) is 6.17. The van der Waals surface area contributed by atoms with E-state index in [4.69, 9.17) is 5.73 Å². The Bertz CT molecular complexity index is 495. The Morgan fingerprint density at radius 1 is 0.955 bits per heavy atom. The van der Waals surface area contributed by atoms with E-state index in [9.17, 15) is 0 Å². The Morgan fingerprint density at radius 2 is 1.45 bits per heavy atom. The van der Waals surface area contributed by atoms with Crippen molar-refractivity contribution in [2.45, 2.75) is 37.6 Å². The molecule has 0 amide bonds. The summed E-state index contributed by atoms with van der Waals surface area (Å²) in [5.41, 5.74) is 8.98. The van der Waals surface area contributed by atoms with Gasteiger partial charge in [-0.1, -0.05) is 67.1 Å². The van der Waals surface area contributed by atoms with E-state index in [0.717, 1.165) is 25.8 Å². The number of hydrogen-bond donors (Lipinski definition) is 2. The zero-order chi connectivity index (χ0) is 15.8. The van der Waals surface area contributed by atoms with Crippen LogP contribution in [0.2, 0.25) is 0 Å². The van der Waals surface area contributed by atoms with Crippen LogP contribution in [0.5, 0.6) is 0 Å². The van der Waals surface area contributed by atoms with E-state index < -0.39 is 0 Å². The lowest BCUT2D eigenvalue weighted by Gasteiger charge is -2.26. The van der Waals surface area contributed by atoms with Gasteiger partial charge in [0, 0.05) is 18.0 Å². The lowest BCUT2D eigenvalue weighted by molar-refractivity contribution is 0.393. The van der Waals surface area contributed by atoms with Crippen LogP contribution >= 0.6 is 0 Å². The van der Waals surface area contributed by atoms with Crippen molar-refractivity contribution >= 4 is 0 Å². The molecular formula is C20H28N2. The molecule has 0 aromatic heterocycles. The highest BCUT2D eigenvalue weighted by Gasteiger charge is 2.19. The highest BCUT2D eigenvalue weighted by Crippen LogP contribution is 2.30. The van der Waals surface area contributed by atoms with E-state index in [2.05, 4.69) is 72.9 Å². The molecule has 22 heavy (non-hydrogen) atoms. The number of hydrogen-bond acceptors (Lipinski definition) is 2. The molecule has 0 bridgehead atoms. The summed E-state index contributed by atoms with van der Waals surface area (Å²) < 4.78 is 0. The maximum atomic E-state index is 6.33. The Hall–Kier alpha value is -1.64. The fraction of sp³-hybridized carbons (Fsp3) is 0.400. The Balaban J connectivity index is 2.07. The van der Waals surface area contributed by atoms with Gasteiger partial charge in [-0.25, -0.2) is 0 Å². The van der Waals surface area contributed by atoms with Gasteiger partial charge in [-0.15, -0.1) is 0 Å². The smallest absolute Gasteiger partial charge is 0.0252 e. The minimum atomic E-state index is -0.132. The van der Waals surface area contributed by atoms with Gasteiger partial charge in [-0.2, -0.15) is 0 Å². The first kappa shape index (κ1) is 16.7. The van der Waals surface area contributed by atoms with Crippen LogP contribution in [0.4, 0.5) is 0 Å². The maximum Gasteiger partial charge on any atom is 0.0252 e. The molecule has 0 aliphatic heterocycles. The number of nitrogens with two attached hydrogens (primary N) is 1. The van der Waals surface area contributed by atoms with E-state index in [1.165, 1.54) is 11.1 Å². The second kappa shape index (κ2) is 8.11. The molecule has 0 spiro atoms. The largest absolute Gasteiger partial charge is 0.324 e. The number of benzene rings is 2. The average molecular weight is 296 g/mol. The van der Waals surface area contributed by atoms with Gasteiger partial charge in [0.2, 0.25) is 0 Å². The molecule has 0 radical (unpaired) electrons. The standard InChI is InChI=1S/C20H28N2/c1-20(21,16-22-2)15-9-14-19(17-10-5-3-6-11-17)18-12-7-4-8-13-18/h3-8,10-13,19,22H,9,14-16,21H2,1-2H3. The molecule has 0 fully saturated rings. The monoisotopic (exact) mass is 296 g/mol. The van der Waals surface area contributed by atoms with Gasteiger partial charge in [0.15, 0.2) is 0 Å². The van der Waals surface area contributed by atoms with Crippen LogP contribution in [-0.2, 0) is 0 Å². The van der Waals surface area contributed by atoms with Crippen molar-refractivity contribution in [1.29, 1.82) is 0 Å². The molecule has 118 valence electrons. The third-order valence-corrected chi connectivity index (χ3v) is 4.23. The number of rotatable bonds is 8. The van der Waals surface area contributed by atoms with Gasteiger partial charge < -0.3 is 11.1 Å². The van der Waals surface area contributed by atoms with Gasteiger partial charge in [0.1, 0.15) is 0 Å². The van der Waals surface area contributed by atoms with Crippen LogP contribution in [-0.4, -0.2) is 19.1 Å². The molecule has 1 atom stereocenters. The van der Waals surface area contributed by atoms with Crippen LogP contribution in [0, 0.1) is 0 Å². The number of nitrogens with one attached hydrogen (secondary N) is 1. The first-order valence-electron chi connectivity index (χ1n) is 8.16. The van der Waals surface area contributed by atoms with E-state index in [0.29, 0.717) is 5.92 Å². The highest BCUT2D eigenvalue weighted by molar-refractivity contribution is 5.32. The molecule has 1 unspecified atom stereocenters. The molecule has 0 aliphatic carbocycles. The van der Waals surface area contributed by atoms with Crippen molar-refractivity contribution < 1.29 is 0 Å². The van der Waals surface area contributed by atoms with Gasteiger partial charge >= 0.3 is 0 Å². The zero-order valence-electron chi connectivity index (χ0n) is 13.8. The van der Waals surface area contributed by atoms with Crippen molar-refractivity contribution in [2.75, 3.05) is 13.6 Å². The lowest BCUT2D eigenvalue weighted by atomic mass is 9.85. The second-order valence-corrected chi connectivity index (χ2v) is 6.45. The summed E-state index contributed by atoms with van der Waals surface area (Å²) >= 11 is 0. The summed E-state index contributed by atoms with van der Waals surface area (Å²) in [6.07, 6.45) is 3.29. The van der Waals surface area contributed by atoms with Gasteiger partial charge in [-0.3, -0.25) is 0 Å². The van der Waals surface area contributed by atoms with Crippen LogP contribution < -0.4 is 11.1 Å². The molecule has 2 aromatic carbocycles. The fourth-order valence-electron chi connectivity index (χ4n) is 3.10. The molecular weight excluding hydrogens is 268 g/mol. The van der Waals surface area contributed by atoms with Crippen LogP contribution in [0.15, 0.2) is 60.7 Å². The van der Waals surface area contributed by atoms with Crippen molar-refractivity contribution in [2.24, 2.45) is 5.73 Å². The van der Waals surface area contributed by atoms with Crippen LogP contribution in [0.3, 0.4) is 0 Å². The van der Waals surface area contributed by atoms with E-state index in [1.807, 2.05) is 7.05 Å². The molecule has 0 heterocycles. The lowest BCUT2D eigenvalue weighted by Crippen LogP contribution is -2.45. The van der Waals surface area contributed by atoms with E-state index >= 15 is 0 Å². The predicted molar refractivity (Wildman–Crippen MR) is 95.1 cm³/mol. The average Bonchev–Trinajstić information content (AvgIpc) is 2.53. The minimum absolute atomic E-state index is 0.132. The van der Waals surface area contributed by atoms with E-state index in [1.54, 1.807) is 0 Å². The van der Waals surface area contributed by atoms with Gasteiger partial charge in [-0.05, 0) is 37.9 Å². The maximum absolute atomic E-state index is 6.33. The topological polar surface area (TPSA) is 38.0 Å². The van der Waals surface area contributed by atoms with Crippen molar-refractivity contribution in [1.82, 2.24) is 5.32 Å². The first-order chi connectivity index (χ1) is 10.6. The Labute approximate surface area is 134 Å². The first-order valence-corrected chi connectivity index (χ1v) is 8.16. The molecule has 2 rings (SSSR count). The highest BCUT2D eigenvalue weighted by atomic mass is 14.9. The summed E-state index contributed by atoms with van der Waals surface area (Å²) in [7, 11) is 1.96.